The summed E-state index contributed by atoms with van der Waals surface area (Å²) in [6.45, 7) is 5.51. The summed E-state index contributed by atoms with van der Waals surface area (Å²) in [7, 11) is 0. The molecule has 2 aromatic rings. The maximum Gasteiger partial charge on any atom is 0.240 e. The van der Waals surface area contributed by atoms with Crippen LogP contribution in [0.5, 0.6) is 0 Å². The molecule has 3 atom stereocenters. The summed E-state index contributed by atoms with van der Waals surface area (Å²) in [5, 5.41) is 1.03. The number of fused-ring (bicyclic) bond motifs is 1. The standard InChI is InChI=1S/C25H34Cl2N4O/c1-3-16(2)23(28)25(32)31-13-12-30-15-20(18-10-7-11-19(26)22(18)27)29-24(30)21(31)14-17-8-5-4-6-9-17/h7,10-11,15-17,21,23H,3-6,8-9,12-14,28H2,1-2H3/t16-,21-,23-/m0/s1. The zero-order valence-corrected chi connectivity index (χ0v) is 20.6. The molecule has 7 heteroatoms. The minimum atomic E-state index is -0.475. The van der Waals surface area contributed by atoms with E-state index in [4.69, 9.17) is 33.9 Å². The molecule has 0 radical (unpaired) electrons. The van der Waals surface area contributed by atoms with Crippen LogP contribution in [0, 0.1) is 11.8 Å². The topological polar surface area (TPSA) is 64.2 Å². The summed E-state index contributed by atoms with van der Waals surface area (Å²) >= 11 is 12.8. The molecule has 2 heterocycles. The number of carbonyl (C=O) groups is 1. The monoisotopic (exact) mass is 476 g/mol. The Bertz CT molecular complexity index is 953. The first-order valence-corrected chi connectivity index (χ1v) is 12.7. The van der Waals surface area contributed by atoms with E-state index in [0.717, 1.165) is 29.9 Å². The van der Waals surface area contributed by atoms with E-state index in [9.17, 15) is 4.79 Å². The summed E-state index contributed by atoms with van der Waals surface area (Å²) in [6, 6.07) is 5.09. The van der Waals surface area contributed by atoms with E-state index in [1.807, 2.05) is 17.0 Å². The fourth-order valence-corrected chi connectivity index (χ4v) is 5.54. The highest BCUT2D eigenvalue weighted by atomic mass is 35.5. The van der Waals surface area contributed by atoms with Crippen molar-refractivity contribution >= 4 is 29.1 Å². The van der Waals surface area contributed by atoms with Gasteiger partial charge in [-0.05, 0) is 24.3 Å². The van der Waals surface area contributed by atoms with Gasteiger partial charge in [-0.25, -0.2) is 4.98 Å². The number of aromatic nitrogens is 2. The first kappa shape index (κ1) is 23.6. The lowest BCUT2D eigenvalue weighted by Crippen LogP contribution is -2.51. The highest BCUT2D eigenvalue weighted by molar-refractivity contribution is 6.43. The lowest BCUT2D eigenvalue weighted by molar-refractivity contribution is -0.138. The third-order valence-corrected chi connectivity index (χ3v) is 8.22. The number of halogens is 2. The van der Waals surface area contributed by atoms with E-state index in [1.165, 1.54) is 32.1 Å². The Morgan fingerprint density at radius 2 is 1.97 bits per heavy atom. The van der Waals surface area contributed by atoms with Crippen molar-refractivity contribution in [1.29, 1.82) is 0 Å². The van der Waals surface area contributed by atoms with Crippen molar-refractivity contribution in [2.24, 2.45) is 17.6 Å². The van der Waals surface area contributed by atoms with E-state index in [-0.39, 0.29) is 17.9 Å². The van der Waals surface area contributed by atoms with Crippen LogP contribution in [0.4, 0.5) is 0 Å². The van der Waals surface area contributed by atoms with E-state index < -0.39 is 6.04 Å². The Balaban J connectivity index is 1.69. The van der Waals surface area contributed by atoms with Gasteiger partial charge in [0, 0.05) is 24.8 Å². The molecule has 1 aromatic carbocycles. The average molecular weight is 477 g/mol. The minimum absolute atomic E-state index is 0.0525. The van der Waals surface area contributed by atoms with Crippen LogP contribution in [0.3, 0.4) is 0 Å². The molecule has 0 unspecified atom stereocenters. The number of benzene rings is 1. The van der Waals surface area contributed by atoms with Gasteiger partial charge in [-0.2, -0.15) is 0 Å². The van der Waals surface area contributed by atoms with Crippen LogP contribution in [0.2, 0.25) is 10.0 Å². The van der Waals surface area contributed by atoms with Crippen molar-refractivity contribution in [3.8, 4) is 11.3 Å². The Morgan fingerprint density at radius 1 is 1.22 bits per heavy atom. The molecule has 174 valence electrons. The summed E-state index contributed by atoms with van der Waals surface area (Å²) < 4.78 is 2.19. The first-order chi connectivity index (χ1) is 15.4. The summed E-state index contributed by atoms with van der Waals surface area (Å²) in [5.74, 6) is 1.76. The number of hydrogen-bond donors (Lipinski definition) is 1. The largest absolute Gasteiger partial charge is 0.331 e. The Morgan fingerprint density at radius 3 is 2.69 bits per heavy atom. The van der Waals surface area contributed by atoms with Crippen LogP contribution in [0.1, 0.15) is 70.7 Å². The van der Waals surface area contributed by atoms with Crippen molar-refractivity contribution in [3.63, 3.8) is 0 Å². The van der Waals surface area contributed by atoms with Gasteiger partial charge >= 0.3 is 0 Å². The molecule has 4 rings (SSSR count). The highest BCUT2D eigenvalue weighted by Gasteiger charge is 2.37. The van der Waals surface area contributed by atoms with Gasteiger partial charge in [-0.15, -0.1) is 0 Å². The Labute approximate surface area is 201 Å². The molecule has 0 saturated heterocycles. The molecule has 1 amide bonds. The zero-order chi connectivity index (χ0) is 22.8. The second-order valence-electron chi connectivity index (χ2n) is 9.48. The molecule has 2 N–H and O–H groups in total. The van der Waals surface area contributed by atoms with Gasteiger partial charge in [0.25, 0.3) is 0 Å². The molecule has 0 spiro atoms. The van der Waals surface area contributed by atoms with Crippen LogP contribution in [0.25, 0.3) is 11.3 Å². The van der Waals surface area contributed by atoms with Crippen molar-refractivity contribution < 1.29 is 4.79 Å². The van der Waals surface area contributed by atoms with Gasteiger partial charge < -0.3 is 15.2 Å². The van der Waals surface area contributed by atoms with Crippen molar-refractivity contribution in [3.05, 3.63) is 40.3 Å². The predicted molar refractivity (Wildman–Crippen MR) is 131 cm³/mol. The van der Waals surface area contributed by atoms with Gasteiger partial charge in [-0.3, -0.25) is 4.79 Å². The minimum Gasteiger partial charge on any atom is -0.331 e. The van der Waals surface area contributed by atoms with E-state index in [2.05, 4.69) is 24.6 Å². The van der Waals surface area contributed by atoms with Crippen LogP contribution >= 0.6 is 23.2 Å². The molecule has 1 fully saturated rings. The molecule has 32 heavy (non-hydrogen) atoms. The smallest absolute Gasteiger partial charge is 0.240 e. The molecular weight excluding hydrogens is 443 g/mol. The summed E-state index contributed by atoms with van der Waals surface area (Å²) in [5.41, 5.74) is 8.03. The van der Waals surface area contributed by atoms with Gasteiger partial charge in [0.1, 0.15) is 5.82 Å². The average Bonchev–Trinajstić information content (AvgIpc) is 3.25. The molecule has 1 aromatic heterocycles. The second kappa shape index (κ2) is 10.1. The van der Waals surface area contributed by atoms with Crippen LogP contribution in [-0.2, 0) is 11.3 Å². The maximum atomic E-state index is 13.5. The molecule has 1 aliphatic heterocycles. The quantitative estimate of drug-likeness (QED) is 0.548. The number of carbonyl (C=O) groups excluding carboxylic acids is 1. The highest BCUT2D eigenvalue weighted by Crippen LogP contribution is 2.39. The van der Waals surface area contributed by atoms with E-state index >= 15 is 0 Å². The predicted octanol–water partition coefficient (Wildman–Crippen LogP) is 6.08. The zero-order valence-electron chi connectivity index (χ0n) is 19.1. The Kier molecular flexibility index (Phi) is 7.48. The fraction of sp³-hybridized carbons (Fsp3) is 0.600. The van der Waals surface area contributed by atoms with Gasteiger partial charge in [0.2, 0.25) is 5.91 Å². The van der Waals surface area contributed by atoms with Crippen LogP contribution in [-0.4, -0.2) is 32.9 Å². The van der Waals surface area contributed by atoms with Gasteiger partial charge in [0.05, 0.1) is 27.8 Å². The molecular formula is C25H34Cl2N4O. The fourth-order valence-electron chi connectivity index (χ4n) is 5.14. The third kappa shape index (κ3) is 4.71. The van der Waals surface area contributed by atoms with Crippen molar-refractivity contribution in [2.75, 3.05) is 6.54 Å². The SMILES string of the molecule is CC[C@H](C)[C@H](N)C(=O)N1CCn2cc(-c3cccc(Cl)c3Cl)nc2[C@@H]1CC1CCCCC1. The first-order valence-electron chi connectivity index (χ1n) is 12.0. The normalized spacial score (nSPS) is 21.3. The number of amides is 1. The number of rotatable bonds is 6. The lowest BCUT2D eigenvalue weighted by Gasteiger charge is -2.40. The maximum absolute atomic E-state index is 13.5. The van der Waals surface area contributed by atoms with Crippen molar-refractivity contribution in [1.82, 2.24) is 14.5 Å². The van der Waals surface area contributed by atoms with E-state index in [0.29, 0.717) is 29.1 Å². The lowest BCUT2D eigenvalue weighted by atomic mass is 9.83. The van der Waals surface area contributed by atoms with Crippen LogP contribution in [0.15, 0.2) is 24.4 Å². The second-order valence-corrected chi connectivity index (χ2v) is 10.3. The third-order valence-electron chi connectivity index (χ3n) is 7.40. The van der Waals surface area contributed by atoms with Gasteiger partial charge in [-0.1, -0.05) is 87.7 Å². The molecule has 5 nitrogen and oxygen atoms in total. The molecule has 2 aliphatic rings. The van der Waals surface area contributed by atoms with Crippen LogP contribution < -0.4 is 5.73 Å². The van der Waals surface area contributed by atoms with Crippen molar-refractivity contribution in [2.45, 2.75) is 77.4 Å². The molecule has 1 saturated carbocycles. The summed E-state index contributed by atoms with van der Waals surface area (Å²) in [6.07, 6.45) is 10.2. The number of nitrogens with zero attached hydrogens (tertiary/aromatic N) is 3. The number of imidazole rings is 1. The summed E-state index contributed by atoms with van der Waals surface area (Å²) in [4.78, 5) is 20.5. The number of hydrogen-bond acceptors (Lipinski definition) is 3. The Hall–Kier alpha value is -1.56. The number of nitrogens with two attached hydrogens (primary N) is 1. The van der Waals surface area contributed by atoms with E-state index in [1.54, 1.807) is 6.07 Å². The molecule has 0 bridgehead atoms. The molecule has 1 aliphatic carbocycles. The van der Waals surface area contributed by atoms with Gasteiger partial charge in [0.15, 0.2) is 0 Å².